The van der Waals surface area contributed by atoms with Gasteiger partial charge in [-0.2, -0.15) is 0 Å². The van der Waals surface area contributed by atoms with E-state index in [4.69, 9.17) is 4.42 Å². The van der Waals surface area contributed by atoms with Crippen molar-refractivity contribution in [3.8, 4) is 50.2 Å². The van der Waals surface area contributed by atoms with Gasteiger partial charge in [-0.25, -0.2) is 0 Å². The maximum absolute atomic E-state index is 6.45. The summed E-state index contributed by atoms with van der Waals surface area (Å²) >= 11 is 0. The van der Waals surface area contributed by atoms with Crippen LogP contribution in [0, 0.1) is 0 Å². The second kappa shape index (κ2) is 16.2. The Morgan fingerprint density at radius 3 is 1.54 bits per heavy atom. The highest BCUT2D eigenvalue weighted by molar-refractivity contribution is 6.13. The molecule has 0 saturated heterocycles. The number of fused-ring (bicyclic) bond motifs is 9. The molecule has 3 heterocycles. The van der Waals surface area contributed by atoms with Crippen molar-refractivity contribution in [2.75, 3.05) is 4.90 Å². The molecular formula is C66H43N3O. The van der Waals surface area contributed by atoms with E-state index in [2.05, 4.69) is 257 Å². The highest BCUT2D eigenvalue weighted by Gasteiger charge is 2.18. The first-order chi connectivity index (χ1) is 34.7. The number of aromatic amines is 1. The first kappa shape index (κ1) is 39.8. The van der Waals surface area contributed by atoms with Crippen molar-refractivity contribution in [3.05, 3.63) is 255 Å². The van der Waals surface area contributed by atoms with Gasteiger partial charge in [0.1, 0.15) is 11.2 Å². The molecule has 3 aromatic heterocycles. The van der Waals surface area contributed by atoms with Crippen molar-refractivity contribution >= 4 is 82.6 Å². The lowest BCUT2D eigenvalue weighted by atomic mass is 9.98. The molecule has 0 spiro atoms. The van der Waals surface area contributed by atoms with Gasteiger partial charge < -0.3 is 18.9 Å². The normalized spacial score (nSPS) is 11.7. The van der Waals surface area contributed by atoms with Crippen molar-refractivity contribution in [2.24, 2.45) is 0 Å². The van der Waals surface area contributed by atoms with Crippen molar-refractivity contribution < 1.29 is 4.42 Å². The Kier molecular flexibility index (Phi) is 9.17. The van der Waals surface area contributed by atoms with Crippen LogP contribution in [0.2, 0.25) is 0 Å². The summed E-state index contributed by atoms with van der Waals surface area (Å²) in [5.74, 6) is 0. The molecule has 0 aliphatic carbocycles. The molecule has 11 aromatic carbocycles. The summed E-state index contributed by atoms with van der Waals surface area (Å²) in [6.07, 6.45) is 0. The third kappa shape index (κ3) is 6.53. The van der Waals surface area contributed by atoms with Crippen LogP contribution in [0.3, 0.4) is 0 Å². The summed E-state index contributed by atoms with van der Waals surface area (Å²) in [6.45, 7) is 0. The first-order valence-electron chi connectivity index (χ1n) is 23.9. The number of benzene rings is 11. The Morgan fingerprint density at radius 2 is 0.829 bits per heavy atom. The fourth-order valence-corrected chi connectivity index (χ4v) is 10.8. The minimum Gasteiger partial charge on any atom is -0.455 e. The van der Waals surface area contributed by atoms with Crippen molar-refractivity contribution in [3.63, 3.8) is 0 Å². The molecule has 1 N–H and O–H groups in total. The molecule has 328 valence electrons. The van der Waals surface area contributed by atoms with Gasteiger partial charge in [-0.1, -0.05) is 176 Å². The number of para-hydroxylation sites is 6. The lowest BCUT2D eigenvalue weighted by Gasteiger charge is -2.26. The van der Waals surface area contributed by atoms with E-state index in [9.17, 15) is 0 Å². The monoisotopic (exact) mass is 893 g/mol. The average molecular weight is 894 g/mol. The van der Waals surface area contributed by atoms with Crippen LogP contribution in [0.4, 0.5) is 17.1 Å². The van der Waals surface area contributed by atoms with E-state index >= 15 is 0 Å². The zero-order valence-corrected chi connectivity index (χ0v) is 38.1. The van der Waals surface area contributed by atoms with E-state index in [0.29, 0.717) is 0 Å². The number of hydrogen-bond acceptors (Lipinski definition) is 2. The summed E-state index contributed by atoms with van der Waals surface area (Å²) in [6, 6.07) is 91.8. The summed E-state index contributed by atoms with van der Waals surface area (Å²) in [5, 5.41) is 7.23. The fraction of sp³-hybridized carbons (Fsp3) is 0. The molecule has 14 rings (SSSR count). The number of nitrogens with zero attached hydrogens (tertiary/aromatic N) is 2. The fourth-order valence-electron chi connectivity index (χ4n) is 10.8. The highest BCUT2D eigenvalue weighted by Crippen LogP contribution is 2.42. The smallest absolute Gasteiger partial charge is 0.143 e. The third-order valence-corrected chi connectivity index (χ3v) is 14.2. The van der Waals surface area contributed by atoms with Crippen LogP contribution in [0.1, 0.15) is 0 Å². The summed E-state index contributed by atoms with van der Waals surface area (Å²) in [7, 11) is 0. The van der Waals surface area contributed by atoms with Crippen LogP contribution in [-0.4, -0.2) is 9.55 Å². The topological polar surface area (TPSA) is 37.1 Å². The van der Waals surface area contributed by atoms with Gasteiger partial charge in [0.25, 0.3) is 0 Å². The summed E-state index contributed by atoms with van der Waals surface area (Å²) in [5.41, 5.74) is 20.1. The summed E-state index contributed by atoms with van der Waals surface area (Å²) in [4.78, 5) is 6.05. The third-order valence-electron chi connectivity index (χ3n) is 14.2. The molecule has 0 bridgehead atoms. The van der Waals surface area contributed by atoms with Gasteiger partial charge in [0, 0.05) is 71.7 Å². The number of rotatable bonds is 8. The zero-order valence-electron chi connectivity index (χ0n) is 38.1. The lowest BCUT2D eigenvalue weighted by molar-refractivity contribution is 0.670. The Hall–Kier alpha value is -9.38. The largest absolute Gasteiger partial charge is 0.455 e. The van der Waals surface area contributed by atoms with Gasteiger partial charge >= 0.3 is 0 Å². The van der Waals surface area contributed by atoms with Crippen LogP contribution >= 0.6 is 0 Å². The van der Waals surface area contributed by atoms with Crippen molar-refractivity contribution in [1.29, 1.82) is 0 Å². The van der Waals surface area contributed by atoms with Crippen molar-refractivity contribution in [2.45, 2.75) is 0 Å². The average Bonchev–Trinajstić information content (AvgIpc) is 4.12. The number of anilines is 3. The molecule has 0 aliphatic rings. The Bertz CT molecular complexity index is 4100. The van der Waals surface area contributed by atoms with E-state index in [0.717, 1.165) is 72.3 Å². The lowest BCUT2D eigenvalue weighted by Crippen LogP contribution is -2.09. The molecular weight excluding hydrogens is 851 g/mol. The minimum atomic E-state index is 0.901. The molecule has 0 amide bonds. The van der Waals surface area contributed by atoms with Gasteiger partial charge in [0.15, 0.2) is 0 Å². The zero-order chi connectivity index (χ0) is 46.1. The molecule has 0 radical (unpaired) electrons. The molecule has 14 aromatic rings. The van der Waals surface area contributed by atoms with Gasteiger partial charge in [0.05, 0.1) is 16.6 Å². The van der Waals surface area contributed by atoms with E-state index in [1.807, 2.05) is 12.1 Å². The van der Waals surface area contributed by atoms with Crippen LogP contribution in [0.25, 0.3) is 116 Å². The molecule has 0 unspecified atom stereocenters. The van der Waals surface area contributed by atoms with E-state index in [1.54, 1.807) is 0 Å². The van der Waals surface area contributed by atoms with Crippen LogP contribution < -0.4 is 4.90 Å². The molecule has 70 heavy (non-hydrogen) atoms. The molecule has 0 atom stereocenters. The van der Waals surface area contributed by atoms with Crippen LogP contribution in [0.15, 0.2) is 259 Å². The standard InChI is InChI=1S/C66H43N3O/c1-2-12-49(13-3-1)69-62-22-8-5-15-56(62)60-42-48(34-41-63(60)69)45-26-24-43(25-27-45)44-28-35-50(36-29-44)68(51-37-30-46(31-38-51)53-17-10-19-58-55-14-4-7-21-61(55)67-65(53)58)52-39-32-47(33-40-52)54-18-11-20-59-57-16-6-9-23-64(57)70-66(54)59/h1-42,67H. The Labute approximate surface area is 404 Å². The number of furan rings is 1. The quantitative estimate of drug-likeness (QED) is 0.165. The Balaban J connectivity index is 0.807. The minimum absolute atomic E-state index is 0.901. The van der Waals surface area contributed by atoms with Crippen LogP contribution in [0.5, 0.6) is 0 Å². The number of hydrogen-bond donors (Lipinski definition) is 1. The van der Waals surface area contributed by atoms with E-state index in [-0.39, 0.29) is 0 Å². The second-order valence-electron chi connectivity index (χ2n) is 18.2. The maximum Gasteiger partial charge on any atom is 0.143 e. The molecule has 4 heteroatoms. The van der Waals surface area contributed by atoms with Crippen LogP contribution in [-0.2, 0) is 0 Å². The summed E-state index contributed by atoms with van der Waals surface area (Å²) < 4.78 is 8.82. The van der Waals surface area contributed by atoms with Crippen molar-refractivity contribution in [1.82, 2.24) is 9.55 Å². The van der Waals surface area contributed by atoms with Gasteiger partial charge in [-0.05, 0) is 112 Å². The molecule has 0 aliphatic heterocycles. The predicted molar refractivity (Wildman–Crippen MR) is 294 cm³/mol. The van der Waals surface area contributed by atoms with Gasteiger partial charge in [-0.3, -0.25) is 0 Å². The molecule has 0 fully saturated rings. The number of aromatic nitrogens is 2. The van der Waals surface area contributed by atoms with E-state index in [1.165, 1.54) is 60.5 Å². The number of H-pyrrole nitrogens is 1. The predicted octanol–water partition coefficient (Wildman–Crippen LogP) is 18.5. The molecule has 4 nitrogen and oxygen atoms in total. The SMILES string of the molecule is c1ccc(-n2c3ccccc3c3cc(-c4ccc(-c5ccc(N(c6ccc(-c7cccc8c7[nH]c7ccccc78)cc6)c6ccc(-c7cccc8c7oc7ccccc78)cc6)cc5)cc4)ccc32)cc1. The first-order valence-corrected chi connectivity index (χ1v) is 23.9. The molecule has 0 saturated carbocycles. The maximum atomic E-state index is 6.45. The number of nitrogens with one attached hydrogen (secondary N) is 1. The van der Waals surface area contributed by atoms with Gasteiger partial charge in [0.2, 0.25) is 0 Å². The van der Waals surface area contributed by atoms with Gasteiger partial charge in [-0.15, -0.1) is 0 Å². The Morgan fingerprint density at radius 1 is 0.329 bits per heavy atom. The second-order valence-corrected chi connectivity index (χ2v) is 18.2. The van der Waals surface area contributed by atoms with E-state index < -0.39 is 0 Å². The highest BCUT2D eigenvalue weighted by atomic mass is 16.3.